The number of fused-ring (bicyclic) bond motifs is 1. The Labute approximate surface area is 85.7 Å². The lowest BCUT2D eigenvalue weighted by Crippen LogP contribution is -1.99. The van der Waals surface area contributed by atoms with Crippen molar-refractivity contribution in [3.05, 3.63) is 29.6 Å². The van der Waals surface area contributed by atoms with Crippen LogP contribution in [0.5, 0.6) is 0 Å². The first-order valence-corrected chi connectivity index (χ1v) is 4.33. The van der Waals surface area contributed by atoms with Crippen LogP contribution < -0.4 is 0 Å². The maximum Gasteiger partial charge on any atom is 0.221 e. The Balaban J connectivity index is 2.62. The normalized spacial score (nSPS) is 11.6. The second-order valence-corrected chi connectivity index (χ2v) is 3.17. The Hall–Kier alpha value is -2.35. The van der Waals surface area contributed by atoms with Gasteiger partial charge < -0.3 is 10.2 Å². The standard InChI is InChI=1S/C10H8N4O/c1-6-2-3-7-8(4-6)13-10(12-7)9(5-11)14-15/h2-4,15H,1H3,(H,12,13)/b14-9+. The van der Waals surface area contributed by atoms with Gasteiger partial charge in [-0.15, -0.1) is 0 Å². The van der Waals surface area contributed by atoms with Crippen LogP contribution in [0, 0.1) is 18.3 Å². The molecule has 74 valence electrons. The van der Waals surface area contributed by atoms with Crippen molar-refractivity contribution in [2.75, 3.05) is 0 Å². The minimum atomic E-state index is -0.121. The molecule has 15 heavy (non-hydrogen) atoms. The van der Waals surface area contributed by atoms with Crippen molar-refractivity contribution in [1.29, 1.82) is 5.26 Å². The van der Waals surface area contributed by atoms with Gasteiger partial charge in [-0.05, 0) is 24.6 Å². The second-order valence-electron chi connectivity index (χ2n) is 3.17. The van der Waals surface area contributed by atoms with E-state index in [0.29, 0.717) is 0 Å². The minimum Gasteiger partial charge on any atom is -0.410 e. The number of hydrogen-bond donors (Lipinski definition) is 2. The second kappa shape index (κ2) is 3.42. The number of hydrogen-bond acceptors (Lipinski definition) is 4. The largest absolute Gasteiger partial charge is 0.410 e. The summed E-state index contributed by atoms with van der Waals surface area (Å²) in [4.78, 5) is 7.04. The number of benzene rings is 1. The van der Waals surface area contributed by atoms with E-state index >= 15 is 0 Å². The van der Waals surface area contributed by atoms with Gasteiger partial charge in [0.1, 0.15) is 6.07 Å². The highest BCUT2D eigenvalue weighted by atomic mass is 16.4. The van der Waals surface area contributed by atoms with Crippen molar-refractivity contribution in [1.82, 2.24) is 9.97 Å². The van der Waals surface area contributed by atoms with Crippen LogP contribution in [0.15, 0.2) is 23.4 Å². The first kappa shape index (κ1) is 9.21. The molecule has 0 saturated carbocycles. The van der Waals surface area contributed by atoms with Crippen molar-refractivity contribution in [3.8, 4) is 6.07 Å². The molecule has 0 aliphatic rings. The Morgan fingerprint density at radius 3 is 3.07 bits per heavy atom. The van der Waals surface area contributed by atoms with E-state index < -0.39 is 0 Å². The van der Waals surface area contributed by atoms with Crippen LogP contribution in [0.1, 0.15) is 11.4 Å². The third-order valence-corrected chi connectivity index (χ3v) is 2.07. The number of aryl methyl sites for hydroxylation is 1. The van der Waals surface area contributed by atoms with Crippen LogP contribution in [0.2, 0.25) is 0 Å². The van der Waals surface area contributed by atoms with Crippen LogP contribution >= 0.6 is 0 Å². The number of oxime groups is 1. The van der Waals surface area contributed by atoms with Gasteiger partial charge in [-0.25, -0.2) is 4.98 Å². The molecule has 2 aromatic rings. The number of nitrogens with one attached hydrogen (secondary N) is 1. The van der Waals surface area contributed by atoms with Gasteiger partial charge in [0, 0.05) is 0 Å². The molecule has 2 N–H and O–H groups in total. The van der Waals surface area contributed by atoms with Crippen LogP contribution in [0.3, 0.4) is 0 Å². The average Bonchev–Trinajstić information content (AvgIpc) is 2.62. The molecule has 0 fully saturated rings. The van der Waals surface area contributed by atoms with Crippen LogP contribution in [-0.4, -0.2) is 20.9 Å². The smallest absolute Gasteiger partial charge is 0.221 e. The van der Waals surface area contributed by atoms with Gasteiger partial charge in [-0.1, -0.05) is 11.2 Å². The quantitative estimate of drug-likeness (QED) is 0.416. The van der Waals surface area contributed by atoms with Gasteiger partial charge in [-0.3, -0.25) is 0 Å². The summed E-state index contributed by atoms with van der Waals surface area (Å²) in [6, 6.07) is 7.43. The van der Waals surface area contributed by atoms with Crippen LogP contribution in [0.4, 0.5) is 0 Å². The number of H-pyrrole nitrogens is 1. The molecular formula is C10H8N4O. The van der Waals surface area contributed by atoms with E-state index in [1.807, 2.05) is 25.1 Å². The SMILES string of the molecule is Cc1ccc2nc(/C(C#N)=N/O)[nH]c2c1. The lowest BCUT2D eigenvalue weighted by atomic mass is 10.2. The zero-order chi connectivity index (χ0) is 10.8. The molecule has 0 spiro atoms. The summed E-state index contributed by atoms with van der Waals surface area (Å²) in [6.45, 7) is 1.96. The van der Waals surface area contributed by atoms with E-state index in [0.717, 1.165) is 16.6 Å². The molecule has 0 amide bonds. The molecule has 5 nitrogen and oxygen atoms in total. The molecule has 0 radical (unpaired) electrons. The lowest BCUT2D eigenvalue weighted by molar-refractivity contribution is 0.320. The van der Waals surface area contributed by atoms with Gasteiger partial charge in [0.05, 0.1) is 11.0 Å². The van der Waals surface area contributed by atoms with Crippen molar-refractivity contribution in [2.45, 2.75) is 6.92 Å². The van der Waals surface area contributed by atoms with Gasteiger partial charge in [0.2, 0.25) is 5.71 Å². The number of nitrogens with zero attached hydrogens (tertiary/aromatic N) is 3. The lowest BCUT2D eigenvalue weighted by Gasteiger charge is -1.89. The van der Waals surface area contributed by atoms with E-state index in [4.69, 9.17) is 10.5 Å². The van der Waals surface area contributed by atoms with Crippen molar-refractivity contribution in [2.24, 2.45) is 5.16 Å². The van der Waals surface area contributed by atoms with Gasteiger partial charge >= 0.3 is 0 Å². The molecule has 0 saturated heterocycles. The van der Waals surface area contributed by atoms with Crippen LogP contribution in [0.25, 0.3) is 11.0 Å². The summed E-state index contributed by atoms with van der Waals surface area (Å²) in [7, 11) is 0. The molecule has 1 aromatic carbocycles. The summed E-state index contributed by atoms with van der Waals surface area (Å²) < 4.78 is 0. The third kappa shape index (κ3) is 1.53. The van der Waals surface area contributed by atoms with E-state index in [1.54, 1.807) is 6.07 Å². The highest BCUT2D eigenvalue weighted by Crippen LogP contribution is 2.13. The molecule has 1 aromatic heterocycles. The molecule has 0 bridgehead atoms. The zero-order valence-corrected chi connectivity index (χ0v) is 8.02. The van der Waals surface area contributed by atoms with Crippen molar-refractivity contribution < 1.29 is 5.21 Å². The summed E-state index contributed by atoms with van der Waals surface area (Å²) in [6.07, 6.45) is 0. The van der Waals surface area contributed by atoms with Crippen LogP contribution in [-0.2, 0) is 0 Å². The summed E-state index contributed by atoms with van der Waals surface area (Å²) >= 11 is 0. The highest BCUT2D eigenvalue weighted by Gasteiger charge is 2.09. The fourth-order valence-corrected chi connectivity index (χ4v) is 1.36. The molecular weight excluding hydrogens is 192 g/mol. The summed E-state index contributed by atoms with van der Waals surface area (Å²) in [5.41, 5.74) is 2.54. The predicted molar refractivity (Wildman–Crippen MR) is 54.8 cm³/mol. The molecule has 2 rings (SSSR count). The van der Waals surface area contributed by atoms with Gasteiger partial charge in [-0.2, -0.15) is 5.26 Å². The van der Waals surface area contributed by atoms with Crippen molar-refractivity contribution in [3.63, 3.8) is 0 Å². The Bertz CT molecular complexity index is 577. The summed E-state index contributed by atoms with van der Waals surface area (Å²) in [5.74, 6) is 0.278. The molecule has 0 aliphatic heterocycles. The number of rotatable bonds is 1. The maximum absolute atomic E-state index is 8.66. The predicted octanol–water partition coefficient (Wildman–Crippen LogP) is 1.57. The average molecular weight is 200 g/mol. The Morgan fingerprint density at radius 2 is 2.40 bits per heavy atom. The fourth-order valence-electron chi connectivity index (χ4n) is 1.36. The molecule has 0 atom stereocenters. The number of aromatic amines is 1. The van der Waals surface area contributed by atoms with E-state index in [9.17, 15) is 0 Å². The Kier molecular flexibility index (Phi) is 2.10. The number of imidazole rings is 1. The third-order valence-electron chi connectivity index (χ3n) is 2.07. The summed E-state index contributed by atoms with van der Waals surface area (Å²) in [5, 5.41) is 20.1. The maximum atomic E-state index is 8.66. The van der Waals surface area contributed by atoms with Gasteiger partial charge in [0.25, 0.3) is 0 Å². The topological polar surface area (TPSA) is 85.1 Å². The molecule has 0 aliphatic carbocycles. The number of nitriles is 1. The first-order valence-electron chi connectivity index (χ1n) is 4.33. The van der Waals surface area contributed by atoms with E-state index in [2.05, 4.69) is 15.1 Å². The monoisotopic (exact) mass is 200 g/mol. The number of aromatic nitrogens is 2. The van der Waals surface area contributed by atoms with Gasteiger partial charge in [0.15, 0.2) is 5.82 Å². The minimum absolute atomic E-state index is 0.121. The zero-order valence-electron chi connectivity index (χ0n) is 8.02. The molecule has 1 heterocycles. The van der Waals surface area contributed by atoms with E-state index in [1.165, 1.54) is 0 Å². The molecule has 5 heteroatoms. The highest BCUT2D eigenvalue weighted by molar-refractivity contribution is 6.10. The van der Waals surface area contributed by atoms with Crippen molar-refractivity contribution >= 4 is 16.7 Å². The fraction of sp³-hybridized carbons (Fsp3) is 0.100. The van der Waals surface area contributed by atoms with E-state index in [-0.39, 0.29) is 11.5 Å². The first-order chi connectivity index (χ1) is 7.24. The molecule has 0 unspecified atom stereocenters. The Morgan fingerprint density at radius 1 is 1.60 bits per heavy atom.